The molecule has 0 aromatic carbocycles. The predicted octanol–water partition coefficient (Wildman–Crippen LogP) is 1.54. The number of carboxylic acids is 1. The van der Waals surface area contributed by atoms with Crippen LogP contribution < -0.4 is 5.32 Å². The molecule has 0 heterocycles. The van der Waals surface area contributed by atoms with E-state index in [0.29, 0.717) is 19.4 Å². The third-order valence-electron chi connectivity index (χ3n) is 4.83. The first-order valence-electron chi connectivity index (χ1n) is 7.78. The van der Waals surface area contributed by atoms with Gasteiger partial charge in [0.25, 0.3) is 0 Å². The molecule has 20 heavy (non-hydrogen) atoms. The van der Waals surface area contributed by atoms with Gasteiger partial charge in [-0.15, -0.1) is 0 Å². The normalized spacial score (nSPS) is 34.5. The number of hydrogen-bond donors (Lipinski definition) is 3. The Morgan fingerprint density at radius 3 is 2.20 bits per heavy atom. The van der Waals surface area contributed by atoms with Crippen LogP contribution in [0, 0.1) is 17.8 Å². The van der Waals surface area contributed by atoms with E-state index in [1.165, 1.54) is 0 Å². The maximum atomic E-state index is 12.2. The summed E-state index contributed by atoms with van der Waals surface area (Å²) < 4.78 is 0. The molecule has 0 aliphatic heterocycles. The van der Waals surface area contributed by atoms with Crippen LogP contribution in [-0.4, -0.2) is 34.7 Å². The first-order chi connectivity index (χ1) is 9.59. The Kier molecular flexibility index (Phi) is 5.40. The summed E-state index contributed by atoms with van der Waals surface area (Å²) in [6.45, 7) is 0.475. The predicted molar refractivity (Wildman–Crippen MR) is 74.1 cm³/mol. The van der Waals surface area contributed by atoms with E-state index in [0.717, 1.165) is 38.5 Å². The number of carbonyl (C=O) groups excluding carboxylic acids is 1. The lowest BCUT2D eigenvalue weighted by atomic mass is 9.78. The molecule has 4 unspecified atom stereocenters. The highest BCUT2D eigenvalue weighted by Gasteiger charge is 2.36. The number of nitrogens with one attached hydrogen (secondary N) is 1. The van der Waals surface area contributed by atoms with Gasteiger partial charge < -0.3 is 15.5 Å². The van der Waals surface area contributed by atoms with E-state index < -0.39 is 17.8 Å². The van der Waals surface area contributed by atoms with Crippen LogP contribution >= 0.6 is 0 Å². The third kappa shape index (κ3) is 3.72. The SMILES string of the molecule is O=C(O)C1CCCCC1C(=O)NCC1CCCCC1O. The van der Waals surface area contributed by atoms with Gasteiger partial charge in [-0.2, -0.15) is 0 Å². The Bertz CT molecular complexity index is 358. The molecule has 3 N–H and O–H groups in total. The van der Waals surface area contributed by atoms with Gasteiger partial charge in [-0.3, -0.25) is 9.59 Å². The van der Waals surface area contributed by atoms with Gasteiger partial charge >= 0.3 is 5.97 Å². The molecule has 0 aromatic heterocycles. The minimum Gasteiger partial charge on any atom is -0.481 e. The molecule has 2 fully saturated rings. The van der Waals surface area contributed by atoms with Crippen molar-refractivity contribution >= 4 is 11.9 Å². The summed E-state index contributed by atoms with van der Waals surface area (Å²) in [4.78, 5) is 23.4. The number of hydrogen-bond acceptors (Lipinski definition) is 3. The second-order valence-electron chi connectivity index (χ2n) is 6.19. The number of carboxylic acid groups (broad SMARTS) is 1. The van der Waals surface area contributed by atoms with Crippen molar-refractivity contribution in [1.29, 1.82) is 0 Å². The zero-order valence-electron chi connectivity index (χ0n) is 11.9. The summed E-state index contributed by atoms with van der Waals surface area (Å²) in [6, 6.07) is 0. The van der Waals surface area contributed by atoms with E-state index in [2.05, 4.69) is 5.32 Å². The quantitative estimate of drug-likeness (QED) is 0.730. The Morgan fingerprint density at radius 1 is 0.950 bits per heavy atom. The highest BCUT2D eigenvalue weighted by molar-refractivity contribution is 5.84. The second-order valence-corrected chi connectivity index (χ2v) is 6.19. The Labute approximate surface area is 119 Å². The van der Waals surface area contributed by atoms with Crippen molar-refractivity contribution in [2.24, 2.45) is 17.8 Å². The molecule has 2 rings (SSSR count). The molecule has 0 bridgehead atoms. The summed E-state index contributed by atoms with van der Waals surface area (Å²) in [5.41, 5.74) is 0. The van der Waals surface area contributed by atoms with Crippen LogP contribution in [0.4, 0.5) is 0 Å². The molecule has 4 atom stereocenters. The summed E-state index contributed by atoms with van der Waals surface area (Å²) in [7, 11) is 0. The first kappa shape index (κ1) is 15.3. The van der Waals surface area contributed by atoms with Crippen LogP contribution in [0.25, 0.3) is 0 Å². The van der Waals surface area contributed by atoms with Gasteiger partial charge in [0.15, 0.2) is 0 Å². The molecule has 2 aliphatic carbocycles. The zero-order chi connectivity index (χ0) is 14.5. The molecule has 0 spiro atoms. The van der Waals surface area contributed by atoms with Gasteiger partial charge in [-0.1, -0.05) is 25.7 Å². The molecule has 0 saturated heterocycles. The van der Waals surface area contributed by atoms with Crippen LogP contribution in [0.15, 0.2) is 0 Å². The van der Waals surface area contributed by atoms with Gasteiger partial charge in [0.05, 0.1) is 17.9 Å². The van der Waals surface area contributed by atoms with Crippen molar-refractivity contribution in [3.05, 3.63) is 0 Å². The second kappa shape index (κ2) is 7.07. The fraction of sp³-hybridized carbons (Fsp3) is 0.867. The van der Waals surface area contributed by atoms with Crippen LogP contribution in [-0.2, 0) is 9.59 Å². The minimum absolute atomic E-state index is 0.125. The van der Waals surface area contributed by atoms with Crippen LogP contribution in [0.3, 0.4) is 0 Å². The molecule has 0 aromatic rings. The highest BCUT2D eigenvalue weighted by atomic mass is 16.4. The lowest BCUT2D eigenvalue weighted by molar-refractivity contribution is -0.149. The summed E-state index contributed by atoms with van der Waals surface area (Å²) >= 11 is 0. The molecule has 0 radical (unpaired) electrons. The van der Waals surface area contributed by atoms with E-state index >= 15 is 0 Å². The maximum Gasteiger partial charge on any atom is 0.307 e. The number of aliphatic hydroxyl groups is 1. The lowest BCUT2D eigenvalue weighted by Crippen LogP contribution is -2.43. The standard InChI is InChI=1S/C15H25NO4/c17-13-8-4-1-5-10(13)9-16-14(18)11-6-2-3-7-12(11)15(19)20/h10-13,17H,1-9H2,(H,16,18)(H,19,20). The zero-order valence-corrected chi connectivity index (χ0v) is 11.9. The van der Waals surface area contributed by atoms with Gasteiger partial charge in [-0.25, -0.2) is 0 Å². The number of rotatable bonds is 4. The maximum absolute atomic E-state index is 12.2. The first-order valence-corrected chi connectivity index (χ1v) is 7.78. The van der Waals surface area contributed by atoms with Crippen LogP contribution in [0.1, 0.15) is 51.4 Å². The molecule has 114 valence electrons. The highest BCUT2D eigenvalue weighted by Crippen LogP contribution is 2.30. The van der Waals surface area contributed by atoms with Crippen molar-refractivity contribution in [3.8, 4) is 0 Å². The summed E-state index contributed by atoms with van der Waals surface area (Å²) in [6.07, 6.45) is 6.64. The number of aliphatic carboxylic acids is 1. The van der Waals surface area contributed by atoms with Gasteiger partial charge in [-0.05, 0) is 25.7 Å². The Morgan fingerprint density at radius 2 is 1.55 bits per heavy atom. The number of aliphatic hydroxyl groups excluding tert-OH is 1. The largest absolute Gasteiger partial charge is 0.481 e. The van der Waals surface area contributed by atoms with E-state index in [4.69, 9.17) is 0 Å². The van der Waals surface area contributed by atoms with Gasteiger partial charge in [0.1, 0.15) is 0 Å². The van der Waals surface area contributed by atoms with Crippen molar-refractivity contribution < 1.29 is 19.8 Å². The monoisotopic (exact) mass is 283 g/mol. The minimum atomic E-state index is -0.859. The molecular formula is C15H25NO4. The van der Waals surface area contributed by atoms with Crippen molar-refractivity contribution in [3.63, 3.8) is 0 Å². The molecular weight excluding hydrogens is 258 g/mol. The van der Waals surface area contributed by atoms with Crippen LogP contribution in [0.5, 0.6) is 0 Å². The third-order valence-corrected chi connectivity index (χ3v) is 4.83. The molecule has 2 saturated carbocycles. The number of amides is 1. The lowest BCUT2D eigenvalue weighted by Gasteiger charge is -2.30. The number of carbonyl (C=O) groups is 2. The molecule has 5 nitrogen and oxygen atoms in total. The molecule has 1 amide bonds. The van der Waals surface area contributed by atoms with Crippen molar-refractivity contribution in [2.75, 3.05) is 6.54 Å². The van der Waals surface area contributed by atoms with E-state index in [-0.39, 0.29) is 17.9 Å². The average Bonchev–Trinajstić information content (AvgIpc) is 2.46. The molecule has 2 aliphatic rings. The van der Waals surface area contributed by atoms with Gasteiger partial charge in [0.2, 0.25) is 5.91 Å². The van der Waals surface area contributed by atoms with Crippen molar-refractivity contribution in [1.82, 2.24) is 5.32 Å². The smallest absolute Gasteiger partial charge is 0.307 e. The van der Waals surface area contributed by atoms with E-state index in [1.54, 1.807) is 0 Å². The topological polar surface area (TPSA) is 86.6 Å². The van der Waals surface area contributed by atoms with Crippen LogP contribution in [0.2, 0.25) is 0 Å². The van der Waals surface area contributed by atoms with E-state index in [9.17, 15) is 19.8 Å². The van der Waals surface area contributed by atoms with E-state index in [1.807, 2.05) is 0 Å². The molecule has 5 heteroatoms. The van der Waals surface area contributed by atoms with Gasteiger partial charge in [0, 0.05) is 12.5 Å². The Balaban J connectivity index is 1.85. The van der Waals surface area contributed by atoms with Crippen molar-refractivity contribution in [2.45, 2.75) is 57.5 Å². The summed E-state index contributed by atoms with van der Waals surface area (Å²) in [5, 5.41) is 22.0. The Hall–Kier alpha value is -1.10. The fourth-order valence-corrected chi connectivity index (χ4v) is 3.53. The summed E-state index contributed by atoms with van der Waals surface area (Å²) in [5.74, 6) is -1.82. The fourth-order valence-electron chi connectivity index (χ4n) is 3.53. The average molecular weight is 283 g/mol.